The van der Waals surface area contributed by atoms with E-state index >= 15 is 0 Å². The first-order valence-electron chi connectivity index (χ1n) is 11.9. The van der Waals surface area contributed by atoms with E-state index in [4.69, 9.17) is 0 Å². The van der Waals surface area contributed by atoms with Gasteiger partial charge in [-0.25, -0.2) is 0 Å². The zero-order valence-corrected chi connectivity index (χ0v) is 18.0. The first-order chi connectivity index (χ1) is 13.1. The van der Waals surface area contributed by atoms with Crippen LogP contribution in [0.2, 0.25) is 0 Å². The van der Waals surface area contributed by atoms with E-state index in [2.05, 4.69) is 28.5 Å². The van der Waals surface area contributed by atoms with Crippen LogP contribution >= 0.6 is 0 Å². The van der Waals surface area contributed by atoms with Crippen LogP contribution in [0, 0.1) is 11.8 Å². The fourth-order valence-electron chi connectivity index (χ4n) is 5.40. The summed E-state index contributed by atoms with van der Waals surface area (Å²) in [5.74, 6) is 1.52. The molecule has 3 fully saturated rings. The number of carbonyl (C=O) groups excluding carboxylic acids is 1. The van der Waals surface area contributed by atoms with Gasteiger partial charge in [0.05, 0.1) is 0 Å². The molecule has 0 N–H and O–H groups in total. The fraction of sp³-hybridized carbons (Fsp3) is 0.957. The highest BCUT2D eigenvalue weighted by Crippen LogP contribution is 2.28. The molecule has 0 aromatic heterocycles. The van der Waals surface area contributed by atoms with Crippen LogP contribution in [0.3, 0.4) is 0 Å². The van der Waals surface area contributed by atoms with E-state index in [9.17, 15) is 4.79 Å². The van der Waals surface area contributed by atoms with Gasteiger partial charge in [-0.15, -0.1) is 0 Å². The average Bonchev–Trinajstić information content (AvgIpc) is 3.20. The molecule has 1 aliphatic carbocycles. The molecule has 2 saturated heterocycles. The summed E-state index contributed by atoms with van der Waals surface area (Å²) in [7, 11) is 0. The van der Waals surface area contributed by atoms with E-state index in [1.807, 2.05) is 0 Å². The SMILES string of the molecule is CC(C)CC(=O)N(CCN1CCCCC1)CC1CCCN(C2CCCC2)C1. The van der Waals surface area contributed by atoms with Crippen molar-refractivity contribution in [3.05, 3.63) is 0 Å². The molecular weight excluding hydrogens is 334 g/mol. The summed E-state index contributed by atoms with van der Waals surface area (Å²) in [5.41, 5.74) is 0. The molecule has 3 rings (SSSR count). The Labute approximate surface area is 167 Å². The van der Waals surface area contributed by atoms with Crippen molar-refractivity contribution < 1.29 is 4.79 Å². The first-order valence-corrected chi connectivity index (χ1v) is 11.9. The zero-order valence-electron chi connectivity index (χ0n) is 18.0. The van der Waals surface area contributed by atoms with Crippen molar-refractivity contribution in [2.24, 2.45) is 11.8 Å². The molecule has 0 aromatic carbocycles. The molecule has 0 radical (unpaired) electrons. The minimum absolute atomic E-state index is 0.389. The van der Waals surface area contributed by atoms with E-state index in [1.54, 1.807) is 0 Å². The molecule has 2 heterocycles. The molecule has 1 unspecified atom stereocenters. The fourth-order valence-corrected chi connectivity index (χ4v) is 5.40. The van der Waals surface area contributed by atoms with Crippen LogP contribution in [-0.2, 0) is 4.79 Å². The van der Waals surface area contributed by atoms with Crippen molar-refractivity contribution in [1.82, 2.24) is 14.7 Å². The normalized spacial score (nSPS) is 26.0. The van der Waals surface area contributed by atoms with Gasteiger partial charge in [0.25, 0.3) is 0 Å². The Morgan fingerprint density at radius 3 is 2.41 bits per heavy atom. The molecule has 1 atom stereocenters. The lowest BCUT2D eigenvalue weighted by Crippen LogP contribution is -2.47. The second-order valence-corrected chi connectivity index (χ2v) is 9.78. The Bertz CT molecular complexity index is 441. The molecule has 4 nitrogen and oxygen atoms in total. The van der Waals surface area contributed by atoms with Crippen molar-refractivity contribution >= 4 is 5.91 Å². The van der Waals surface area contributed by atoms with Crippen LogP contribution in [0.1, 0.15) is 78.1 Å². The van der Waals surface area contributed by atoms with Crippen LogP contribution in [-0.4, -0.2) is 72.5 Å². The van der Waals surface area contributed by atoms with Gasteiger partial charge in [0.2, 0.25) is 5.91 Å². The van der Waals surface area contributed by atoms with Crippen molar-refractivity contribution in [1.29, 1.82) is 0 Å². The Hall–Kier alpha value is -0.610. The van der Waals surface area contributed by atoms with Gasteiger partial charge in [-0.1, -0.05) is 33.1 Å². The third-order valence-electron chi connectivity index (χ3n) is 6.94. The summed E-state index contributed by atoms with van der Waals surface area (Å²) in [5, 5.41) is 0. The summed E-state index contributed by atoms with van der Waals surface area (Å²) < 4.78 is 0. The highest BCUT2D eigenvalue weighted by atomic mass is 16.2. The highest BCUT2D eigenvalue weighted by Gasteiger charge is 2.29. The minimum atomic E-state index is 0.389. The van der Waals surface area contributed by atoms with E-state index in [1.165, 1.54) is 84.0 Å². The van der Waals surface area contributed by atoms with E-state index in [0.717, 1.165) is 25.7 Å². The lowest BCUT2D eigenvalue weighted by molar-refractivity contribution is -0.133. The predicted molar refractivity (Wildman–Crippen MR) is 113 cm³/mol. The molecule has 3 aliphatic rings. The Morgan fingerprint density at radius 2 is 1.70 bits per heavy atom. The van der Waals surface area contributed by atoms with Gasteiger partial charge in [-0.2, -0.15) is 0 Å². The van der Waals surface area contributed by atoms with Crippen LogP contribution in [0.25, 0.3) is 0 Å². The summed E-state index contributed by atoms with van der Waals surface area (Å²) in [6, 6.07) is 0.834. The van der Waals surface area contributed by atoms with Crippen molar-refractivity contribution in [2.45, 2.75) is 84.1 Å². The number of hydrogen-bond donors (Lipinski definition) is 0. The smallest absolute Gasteiger partial charge is 0.222 e. The van der Waals surface area contributed by atoms with Crippen LogP contribution in [0.5, 0.6) is 0 Å². The molecule has 1 amide bonds. The van der Waals surface area contributed by atoms with Crippen molar-refractivity contribution in [2.75, 3.05) is 45.8 Å². The van der Waals surface area contributed by atoms with E-state index in [-0.39, 0.29) is 0 Å². The molecular formula is C23H43N3O. The van der Waals surface area contributed by atoms with Crippen molar-refractivity contribution in [3.63, 3.8) is 0 Å². The number of amides is 1. The zero-order chi connectivity index (χ0) is 19.1. The van der Waals surface area contributed by atoms with Crippen molar-refractivity contribution in [3.8, 4) is 0 Å². The Morgan fingerprint density at radius 1 is 0.963 bits per heavy atom. The topological polar surface area (TPSA) is 26.8 Å². The maximum absolute atomic E-state index is 12.9. The number of carbonyl (C=O) groups is 1. The van der Waals surface area contributed by atoms with Gasteiger partial charge in [-0.05, 0) is 70.0 Å². The second kappa shape index (κ2) is 10.8. The first kappa shape index (κ1) is 21.1. The summed E-state index contributed by atoms with van der Waals surface area (Å²) in [4.78, 5) is 20.5. The number of rotatable bonds is 8. The monoisotopic (exact) mass is 377 g/mol. The number of hydrogen-bond acceptors (Lipinski definition) is 3. The molecule has 0 spiro atoms. The quantitative estimate of drug-likeness (QED) is 0.640. The number of piperidine rings is 2. The lowest BCUT2D eigenvalue weighted by atomic mass is 9.95. The average molecular weight is 378 g/mol. The van der Waals surface area contributed by atoms with Gasteiger partial charge < -0.3 is 14.7 Å². The molecule has 0 bridgehead atoms. The Balaban J connectivity index is 1.53. The molecule has 156 valence electrons. The molecule has 1 saturated carbocycles. The highest BCUT2D eigenvalue weighted by molar-refractivity contribution is 5.76. The maximum atomic E-state index is 12.9. The number of likely N-dealkylation sites (tertiary alicyclic amines) is 2. The molecule has 4 heteroatoms. The molecule has 2 aliphatic heterocycles. The number of nitrogens with zero attached hydrogens (tertiary/aromatic N) is 3. The third-order valence-corrected chi connectivity index (χ3v) is 6.94. The van der Waals surface area contributed by atoms with E-state index < -0.39 is 0 Å². The van der Waals surface area contributed by atoms with Gasteiger partial charge in [0.15, 0.2) is 0 Å². The van der Waals surface area contributed by atoms with Gasteiger partial charge >= 0.3 is 0 Å². The maximum Gasteiger partial charge on any atom is 0.222 e. The summed E-state index contributed by atoms with van der Waals surface area (Å²) in [6.45, 7) is 12.3. The molecule has 27 heavy (non-hydrogen) atoms. The van der Waals surface area contributed by atoms with Crippen LogP contribution < -0.4 is 0 Å². The van der Waals surface area contributed by atoms with Crippen LogP contribution in [0.15, 0.2) is 0 Å². The van der Waals surface area contributed by atoms with Gasteiger partial charge in [0, 0.05) is 38.6 Å². The second-order valence-electron chi connectivity index (χ2n) is 9.78. The van der Waals surface area contributed by atoms with E-state index in [0.29, 0.717) is 24.2 Å². The predicted octanol–water partition coefficient (Wildman–Crippen LogP) is 4.00. The minimum Gasteiger partial charge on any atom is -0.341 e. The van der Waals surface area contributed by atoms with Gasteiger partial charge in [0.1, 0.15) is 0 Å². The molecule has 0 aromatic rings. The Kier molecular flexibility index (Phi) is 8.45. The summed E-state index contributed by atoms with van der Waals surface area (Å²) >= 11 is 0. The van der Waals surface area contributed by atoms with Gasteiger partial charge in [-0.3, -0.25) is 4.79 Å². The lowest BCUT2D eigenvalue weighted by Gasteiger charge is -2.39. The van der Waals surface area contributed by atoms with Crippen LogP contribution in [0.4, 0.5) is 0 Å². The largest absolute Gasteiger partial charge is 0.341 e. The third kappa shape index (κ3) is 6.74. The standard InChI is InChI=1S/C23H43N3O/c1-20(2)17-23(27)26(16-15-24-12-6-3-7-13-24)19-21-9-8-14-25(18-21)22-10-4-5-11-22/h20-22H,3-19H2,1-2H3. The summed E-state index contributed by atoms with van der Waals surface area (Å²) in [6.07, 6.45) is 13.0.